The van der Waals surface area contributed by atoms with Gasteiger partial charge in [-0.2, -0.15) is 0 Å². The first-order valence-electron chi connectivity index (χ1n) is 9.02. The summed E-state index contributed by atoms with van der Waals surface area (Å²) in [6.45, 7) is 8.18. The van der Waals surface area contributed by atoms with Gasteiger partial charge in [0.1, 0.15) is 0 Å². The lowest BCUT2D eigenvalue weighted by Crippen LogP contribution is -2.35. The molecule has 0 radical (unpaired) electrons. The van der Waals surface area contributed by atoms with E-state index in [0.29, 0.717) is 30.2 Å². The van der Waals surface area contributed by atoms with Crippen LogP contribution in [0.1, 0.15) is 43.5 Å². The standard InChI is InChI=1S/C18H26N4O3/c1-13(2)12-22-16-15(10-14(11-19-16)17(23)24)21(18(22)25)9-8-20-6-4-3-5-7-20/h10-11,13H,3-9,12H2,1-2H3,(H,23,24). The van der Waals surface area contributed by atoms with E-state index >= 15 is 0 Å². The number of piperidine rings is 1. The fourth-order valence-corrected chi connectivity index (χ4v) is 3.48. The molecule has 0 bridgehead atoms. The van der Waals surface area contributed by atoms with Crippen LogP contribution >= 0.6 is 0 Å². The second-order valence-corrected chi connectivity index (χ2v) is 7.21. The Morgan fingerprint density at radius 2 is 1.92 bits per heavy atom. The fraction of sp³-hybridized carbons (Fsp3) is 0.611. The van der Waals surface area contributed by atoms with Gasteiger partial charge in [-0.25, -0.2) is 14.6 Å². The third kappa shape index (κ3) is 3.76. The van der Waals surface area contributed by atoms with Gasteiger partial charge < -0.3 is 10.0 Å². The summed E-state index contributed by atoms with van der Waals surface area (Å²) >= 11 is 0. The van der Waals surface area contributed by atoms with Crippen LogP contribution in [0, 0.1) is 5.92 Å². The number of aromatic nitrogens is 3. The zero-order valence-electron chi connectivity index (χ0n) is 14.9. The molecule has 136 valence electrons. The summed E-state index contributed by atoms with van der Waals surface area (Å²) in [6.07, 6.45) is 5.01. The number of aromatic carboxylic acids is 1. The lowest BCUT2D eigenvalue weighted by molar-refractivity contribution is 0.0696. The van der Waals surface area contributed by atoms with Crippen LogP contribution in [0.2, 0.25) is 0 Å². The van der Waals surface area contributed by atoms with Crippen LogP contribution in [0.5, 0.6) is 0 Å². The topological polar surface area (TPSA) is 80.4 Å². The molecular weight excluding hydrogens is 320 g/mol. The van der Waals surface area contributed by atoms with Gasteiger partial charge in [-0.3, -0.25) is 9.13 Å². The van der Waals surface area contributed by atoms with E-state index in [-0.39, 0.29) is 11.3 Å². The molecule has 2 aromatic rings. The van der Waals surface area contributed by atoms with E-state index in [4.69, 9.17) is 0 Å². The Bertz CT molecular complexity index is 816. The third-order valence-electron chi connectivity index (χ3n) is 4.74. The number of hydrogen-bond donors (Lipinski definition) is 1. The van der Waals surface area contributed by atoms with Crippen LogP contribution in [-0.2, 0) is 13.1 Å². The predicted molar refractivity (Wildman–Crippen MR) is 96.1 cm³/mol. The first-order chi connectivity index (χ1) is 12.0. The minimum atomic E-state index is -1.03. The highest BCUT2D eigenvalue weighted by molar-refractivity contribution is 5.90. The summed E-state index contributed by atoms with van der Waals surface area (Å²) < 4.78 is 3.35. The monoisotopic (exact) mass is 346 g/mol. The summed E-state index contributed by atoms with van der Waals surface area (Å²) in [5, 5.41) is 9.25. The average Bonchev–Trinajstić information content (AvgIpc) is 2.84. The summed E-state index contributed by atoms with van der Waals surface area (Å²) in [4.78, 5) is 30.8. The van der Waals surface area contributed by atoms with Crippen LogP contribution in [0.3, 0.4) is 0 Å². The number of nitrogens with zero attached hydrogens (tertiary/aromatic N) is 4. The molecule has 1 saturated heterocycles. The van der Waals surface area contributed by atoms with Crippen LogP contribution in [0.25, 0.3) is 11.2 Å². The summed E-state index contributed by atoms with van der Waals surface area (Å²) in [5.41, 5.74) is 1.20. The summed E-state index contributed by atoms with van der Waals surface area (Å²) in [6, 6.07) is 1.57. The maximum atomic E-state index is 12.9. The molecule has 0 spiro atoms. The van der Waals surface area contributed by atoms with E-state index in [1.807, 2.05) is 0 Å². The summed E-state index contributed by atoms with van der Waals surface area (Å²) in [5.74, 6) is -0.721. The molecule has 1 N–H and O–H groups in total. The Balaban J connectivity index is 1.98. The smallest absolute Gasteiger partial charge is 0.337 e. The number of carboxylic acids is 1. The van der Waals surface area contributed by atoms with Crippen LogP contribution in [-0.4, -0.2) is 49.7 Å². The number of likely N-dealkylation sites (tertiary alicyclic amines) is 1. The quantitative estimate of drug-likeness (QED) is 0.866. The molecule has 0 unspecified atom stereocenters. The van der Waals surface area contributed by atoms with Crippen molar-refractivity contribution in [3.8, 4) is 0 Å². The lowest BCUT2D eigenvalue weighted by Gasteiger charge is -2.26. The molecule has 2 aromatic heterocycles. The van der Waals surface area contributed by atoms with Crippen molar-refractivity contribution in [2.45, 2.75) is 46.2 Å². The normalized spacial score (nSPS) is 16.0. The Hall–Kier alpha value is -2.15. The molecule has 1 aliphatic heterocycles. The van der Waals surface area contributed by atoms with Gasteiger partial charge in [-0.15, -0.1) is 0 Å². The Labute approximate surface area is 146 Å². The van der Waals surface area contributed by atoms with E-state index < -0.39 is 5.97 Å². The molecule has 0 aromatic carbocycles. The van der Waals surface area contributed by atoms with Crippen molar-refractivity contribution in [1.82, 2.24) is 19.0 Å². The maximum Gasteiger partial charge on any atom is 0.337 e. The molecule has 7 nitrogen and oxygen atoms in total. The van der Waals surface area contributed by atoms with Crippen molar-refractivity contribution in [1.29, 1.82) is 0 Å². The SMILES string of the molecule is CC(C)Cn1c(=O)n(CCN2CCCCC2)c2cc(C(=O)O)cnc21. The molecule has 0 atom stereocenters. The zero-order valence-corrected chi connectivity index (χ0v) is 14.9. The first-order valence-corrected chi connectivity index (χ1v) is 9.02. The van der Waals surface area contributed by atoms with Crippen LogP contribution in [0.4, 0.5) is 0 Å². The first kappa shape index (κ1) is 17.7. The minimum absolute atomic E-state index is 0.101. The van der Waals surface area contributed by atoms with Crippen molar-refractivity contribution >= 4 is 17.1 Å². The molecule has 3 heterocycles. The summed E-state index contributed by atoms with van der Waals surface area (Å²) in [7, 11) is 0. The van der Waals surface area contributed by atoms with Crippen LogP contribution < -0.4 is 5.69 Å². The largest absolute Gasteiger partial charge is 0.478 e. The van der Waals surface area contributed by atoms with Crippen molar-refractivity contribution in [2.75, 3.05) is 19.6 Å². The van der Waals surface area contributed by atoms with Gasteiger partial charge in [0, 0.05) is 25.8 Å². The molecule has 0 amide bonds. The van der Waals surface area contributed by atoms with Crippen molar-refractivity contribution < 1.29 is 9.90 Å². The van der Waals surface area contributed by atoms with Gasteiger partial charge in [-0.1, -0.05) is 20.3 Å². The highest BCUT2D eigenvalue weighted by Crippen LogP contribution is 2.15. The Morgan fingerprint density at radius 1 is 1.20 bits per heavy atom. The number of rotatable bonds is 6. The van der Waals surface area contributed by atoms with E-state index in [0.717, 1.165) is 19.6 Å². The maximum absolute atomic E-state index is 12.9. The van der Waals surface area contributed by atoms with Crippen LogP contribution in [0.15, 0.2) is 17.1 Å². The second-order valence-electron chi connectivity index (χ2n) is 7.21. The van der Waals surface area contributed by atoms with Gasteiger partial charge in [0.15, 0.2) is 5.65 Å². The number of imidazole rings is 1. The van der Waals surface area contributed by atoms with E-state index in [1.54, 1.807) is 15.2 Å². The van der Waals surface area contributed by atoms with E-state index in [9.17, 15) is 14.7 Å². The average molecular weight is 346 g/mol. The number of carbonyl (C=O) groups is 1. The molecule has 3 rings (SSSR count). The molecule has 1 aliphatic rings. The molecule has 0 saturated carbocycles. The van der Waals surface area contributed by atoms with E-state index in [1.165, 1.54) is 25.5 Å². The van der Waals surface area contributed by atoms with Gasteiger partial charge >= 0.3 is 11.7 Å². The van der Waals surface area contributed by atoms with Crippen molar-refractivity contribution in [3.05, 3.63) is 28.3 Å². The molecule has 1 fully saturated rings. The Morgan fingerprint density at radius 3 is 2.56 bits per heavy atom. The minimum Gasteiger partial charge on any atom is -0.478 e. The van der Waals surface area contributed by atoms with Gasteiger partial charge in [0.2, 0.25) is 0 Å². The molecule has 25 heavy (non-hydrogen) atoms. The number of pyridine rings is 1. The number of hydrogen-bond acceptors (Lipinski definition) is 4. The highest BCUT2D eigenvalue weighted by atomic mass is 16.4. The molecular formula is C18H26N4O3. The highest BCUT2D eigenvalue weighted by Gasteiger charge is 2.18. The van der Waals surface area contributed by atoms with Crippen molar-refractivity contribution in [2.24, 2.45) is 5.92 Å². The lowest BCUT2D eigenvalue weighted by atomic mass is 10.1. The van der Waals surface area contributed by atoms with Gasteiger partial charge in [0.05, 0.1) is 11.1 Å². The zero-order chi connectivity index (χ0) is 18.0. The van der Waals surface area contributed by atoms with Gasteiger partial charge in [-0.05, 0) is 37.9 Å². The van der Waals surface area contributed by atoms with E-state index in [2.05, 4.69) is 23.7 Å². The fourth-order valence-electron chi connectivity index (χ4n) is 3.48. The second kappa shape index (κ2) is 7.39. The number of carboxylic acid groups (broad SMARTS) is 1. The predicted octanol–water partition coefficient (Wildman–Crippen LogP) is 2.04. The number of fused-ring (bicyclic) bond motifs is 1. The molecule has 0 aliphatic carbocycles. The van der Waals surface area contributed by atoms with Gasteiger partial charge in [0.25, 0.3) is 0 Å². The molecule has 7 heteroatoms. The van der Waals surface area contributed by atoms with Crippen molar-refractivity contribution in [3.63, 3.8) is 0 Å². The Kier molecular flexibility index (Phi) is 5.22. The third-order valence-corrected chi connectivity index (χ3v) is 4.74.